The number of hydrogen-bond donors (Lipinski definition) is 1. The quantitative estimate of drug-likeness (QED) is 0.888. The van der Waals surface area contributed by atoms with Crippen molar-refractivity contribution >= 4 is 17.0 Å². The second-order valence-electron chi connectivity index (χ2n) is 3.45. The van der Waals surface area contributed by atoms with Crippen molar-refractivity contribution in [3.63, 3.8) is 0 Å². The lowest BCUT2D eigenvalue weighted by molar-refractivity contribution is 0.415. The number of hydrogen-bond acceptors (Lipinski definition) is 4. The molecule has 0 saturated carbocycles. The fraction of sp³-hybridized carbons (Fsp3) is 0.250. The molecule has 0 aliphatic carbocycles. The smallest absolute Gasteiger partial charge is 0.142 e. The zero-order valence-corrected chi connectivity index (χ0v) is 10.3. The molecule has 0 spiro atoms. The van der Waals surface area contributed by atoms with Gasteiger partial charge in [-0.05, 0) is 12.1 Å². The Morgan fingerprint density at radius 2 is 2.35 bits per heavy atom. The lowest BCUT2D eigenvalue weighted by Crippen LogP contribution is -2.06. The Hall–Kier alpha value is -1.62. The number of nitrogens with zero attached hydrogens (tertiary/aromatic N) is 1. The van der Waals surface area contributed by atoms with Crippen molar-refractivity contribution in [3.8, 4) is 5.75 Å². The van der Waals surface area contributed by atoms with Crippen molar-refractivity contribution in [1.29, 1.82) is 0 Å². The monoisotopic (exact) mass is 252 g/mol. The Morgan fingerprint density at radius 3 is 3.06 bits per heavy atom. The van der Waals surface area contributed by atoms with Crippen molar-refractivity contribution in [3.05, 3.63) is 40.6 Å². The molecule has 1 aromatic carbocycles. The molecule has 2 aromatic rings. The first kappa shape index (κ1) is 11.9. The minimum atomic E-state index is -0.275. The van der Waals surface area contributed by atoms with E-state index in [9.17, 15) is 4.39 Å². The van der Waals surface area contributed by atoms with Crippen LogP contribution in [0.15, 0.2) is 29.8 Å². The van der Waals surface area contributed by atoms with Crippen molar-refractivity contribution in [2.75, 3.05) is 19.0 Å². The number of thiazole rings is 1. The van der Waals surface area contributed by atoms with Crippen LogP contribution in [0.3, 0.4) is 0 Å². The van der Waals surface area contributed by atoms with Crippen molar-refractivity contribution in [1.82, 2.24) is 4.98 Å². The molecule has 3 nitrogen and oxygen atoms in total. The second-order valence-corrected chi connectivity index (χ2v) is 4.43. The van der Waals surface area contributed by atoms with Gasteiger partial charge in [0.15, 0.2) is 0 Å². The number of benzene rings is 1. The van der Waals surface area contributed by atoms with E-state index in [1.807, 2.05) is 5.38 Å². The highest BCUT2D eigenvalue weighted by Crippen LogP contribution is 2.24. The van der Waals surface area contributed by atoms with Gasteiger partial charge in [-0.2, -0.15) is 0 Å². The molecule has 17 heavy (non-hydrogen) atoms. The maximum Gasteiger partial charge on any atom is 0.142 e. The molecule has 1 aromatic heterocycles. The van der Waals surface area contributed by atoms with Gasteiger partial charge in [-0.25, -0.2) is 9.37 Å². The minimum absolute atomic E-state index is 0.275. The number of nitrogens with one attached hydrogen (secondary N) is 1. The van der Waals surface area contributed by atoms with Gasteiger partial charge in [0, 0.05) is 30.6 Å². The summed E-state index contributed by atoms with van der Waals surface area (Å²) in [6.45, 7) is 0.702. The molecular formula is C12H13FN2OS. The maximum atomic E-state index is 13.1. The third-order valence-electron chi connectivity index (χ3n) is 2.30. The van der Waals surface area contributed by atoms with Gasteiger partial charge >= 0.3 is 0 Å². The third-order valence-corrected chi connectivity index (χ3v) is 3.14. The highest BCUT2D eigenvalue weighted by atomic mass is 32.1. The maximum absolute atomic E-state index is 13.1. The average Bonchev–Trinajstić information content (AvgIpc) is 2.82. The van der Waals surface area contributed by atoms with Crippen molar-refractivity contribution in [2.24, 2.45) is 0 Å². The van der Waals surface area contributed by atoms with E-state index in [2.05, 4.69) is 10.3 Å². The molecule has 0 aliphatic heterocycles. The molecule has 0 aliphatic rings. The van der Waals surface area contributed by atoms with E-state index in [1.165, 1.54) is 12.1 Å². The predicted molar refractivity (Wildman–Crippen MR) is 67.3 cm³/mol. The van der Waals surface area contributed by atoms with Gasteiger partial charge in [-0.15, -0.1) is 11.3 Å². The van der Waals surface area contributed by atoms with Crippen LogP contribution < -0.4 is 10.1 Å². The van der Waals surface area contributed by atoms with Crippen LogP contribution in [0.1, 0.15) is 5.01 Å². The molecule has 0 radical (unpaired) electrons. The zero-order chi connectivity index (χ0) is 12.1. The summed E-state index contributed by atoms with van der Waals surface area (Å²) in [7, 11) is 1.57. The molecule has 0 saturated heterocycles. The first-order valence-corrected chi connectivity index (χ1v) is 6.13. The average molecular weight is 252 g/mol. The number of ether oxygens (including phenoxy) is 1. The zero-order valence-electron chi connectivity index (χ0n) is 9.44. The van der Waals surface area contributed by atoms with Crippen LogP contribution in [0.25, 0.3) is 0 Å². The van der Waals surface area contributed by atoms with Gasteiger partial charge < -0.3 is 10.1 Å². The van der Waals surface area contributed by atoms with E-state index in [1.54, 1.807) is 30.7 Å². The Bertz CT molecular complexity index is 473. The summed E-state index contributed by atoms with van der Waals surface area (Å²) in [6, 6.07) is 4.42. The number of methoxy groups -OCH3 is 1. The van der Waals surface area contributed by atoms with Crippen LogP contribution in [-0.4, -0.2) is 18.6 Å². The summed E-state index contributed by atoms with van der Waals surface area (Å²) in [4.78, 5) is 4.18. The molecule has 5 heteroatoms. The van der Waals surface area contributed by atoms with Crippen LogP contribution >= 0.6 is 11.3 Å². The van der Waals surface area contributed by atoms with Gasteiger partial charge in [0.2, 0.25) is 0 Å². The Balaban J connectivity index is 1.96. The topological polar surface area (TPSA) is 34.1 Å². The van der Waals surface area contributed by atoms with Crippen LogP contribution in [0.5, 0.6) is 5.75 Å². The Labute approximate surface area is 103 Å². The molecule has 0 fully saturated rings. The summed E-state index contributed by atoms with van der Waals surface area (Å²) >= 11 is 1.61. The van der Waals surface area contributed by atoms with E-state index >= 15 is 0 Å². The summed E-state index contributed by atoms with van der Waals surface area (Å²) in [5, 5.41) is 6.15. The number of rotatable bonds is 5. The second kappa shape index (κ2) is 5.63. The van der Waals surface area contributed by atoms with Crippen LogP contribution in [-0.2, 0) is 6.42 Å². The van der Waals surface area contributed by atoms with Crippen molar-refractivity contribution < 1.29 is 9.13 Å². The van der Waals surface area contributed by atoms with Crippen LogP contribution in [0.4, 0.5) is 10.1 Å². The molecule has 0 bridgehead atoms. The first-order valence-electron chi connectivity index (χ1n) is 5.25. The lowest BCUT2D eigenvalue weighted by atomic mass is 10.2. The van der Waals surface area contributed by atoms with E-state index in [0.717, 1.165) is 11.4 Å². The molecule has 1 heterocycles. The molecule has 2 rings (SSSR count). The van der Waals surface area contributed by atoms with E-state index in [-0.39, 0.29) is 5.82 Å². The molecular weight excluding hydrogens is 239 g/mol. The van der Waals surface area contributed by atoms with Gasteiger partial charge in [0.25, 0.3) is 0 Å². The molecule has 0 unspecified atom stereocenters. The molecule has 90 valence electrons. The summed E-state index contributed by atoms with van der Waals surface area (Å²) in [6.07, 6.45) is 2.60. The number of halogens is 1. The highest BCUT2D eigenvalue weighted by Gasteiger charge is 2.04. The van der Waals surface area contributed by atoms with E-state index in [0.29, 0.717) is 18.0 Å². The molecule has 0 atom stereocenters. The minimum Gasteiger partial charge on any atom is -0.495 e. The summed E-state index contributed by atoms with van der Waals surface area (Å²) < 4.78 is 18.2. The van der Waals surface area contributed by atoms with Gasteiger partial charge in [0.05, 0.1) is 17.8 Å². The lowest BCUT2D eigenvalue weighted by Gasteiger charge is -2.10. The normalized spacial score (nSPS) is 10.2. The molecule has 0 amide bonds. The fourth-order valence-electron chi connectivity index (χ4n) is 1.50. The fourth-order valence-corrected chi connectivity index (χ4v) is 2.12. The predicted octanol–water partition coefficient (Wildman–Crippen LogP) is 2.95. The number of anilines is 1. The molecule has 1 N–H and O–H groups in total. The third kappa shape index (κ3) is 3.17. The van der Waals surface area contributed by atoms with E-state index in [4.69, 9.17) is 4.74 Å². The highest BCUT2D eigenvalue weighted by molar-refractivity contribution is 7.09. The van der Waals surface area contributed by atoms with Crippen LogP contribution in [0, 0.1) is 5.82 Å². The summed E-state index contributed by atoms with van der Waals surface area (Å²) in [5.41, 5.74) is 0.670. The standard InChI is InChI=1S/C12H13FN2OS/c1-16-11-3-2-9(13)8-10(11)14-5-4-12-15-6-7-17-12/h2-3,6-8,14H,4-5H2,1H3. The van der Waals surface area contributed by atoms with Crippen molar-refractivity contribution in [2.45, 2.75) is 6.42 Å². The van der Waals surface area contributed by atoms with Crippen LogP contribution in [0.2, 0.25) is 0 Å². The van der Waals surface area contributed by atoms with Gasteiger partial charge in [-0.3, -0.25) is 0 Å². The Kier molecular flexibility index (Phi) is 3.93. The number of aromatic nitrogens is 1. The Morgan fingerprint density at radius 1 is 1.47 bits per heavy atom. The first-order chi connectivity index (χ1) is 8.29. The van der Waals surface area contributed by atoms with Gasteiger partial charge in [0.1, 0.15) is 11.6 Å². The largest absolute Gasteiger partial charge is 0.495 e. The summed E-state index contributed by atoms with van der Waals surface area (Å²) in [5.74, 6) is 0.369. The van der Waals surface area contributed by atoms with Gasteiger partial charge in [-0.1, -0.05) is 0 Å². The SMILES string of the molecule is COc1ccc(F)cc1NCCc1nccs1. The van der Waals surface area contributed by atoms with E-state index < -0.39 is 0 Å².